The molecule has 13 rings (SSSR count). The Bertz CT molecular complexity index is 3100. The summed E-state index contributed by atoms with van der Waals surface area (Å²) in [5, 5.41) is 15.2. The minimum Gasteiger partial charge on any atom is -0.489 e. The van der Waals surface area contributed by atoms with E-state index in [1.54, 1.807) is 70.5 Å². The van der Waals surface area contributed by atoms with Crippen molar-refractivity contribution in [3.8, 4) is 23.5 Å². The van der Waals surface area contributed by atoms with E-state index in [9.17, 15) is 35.9 Å². The van der Waals surface area contributed by atoms with E-state index in [-0.39, 0.29) is 48.7 Å². The van der Waals surface area contributed by atoms with Crippen molar-refractivity contribution in [1.29, 1.82) is 0 Å². The number of nitrogens with two attached hydrogens (primary N) is 1. The molecule has 7 aliphatic rings. The number of anilines is 6. The summed E-state index contributed by atoms with van der Waals surface area (Å²) in [6, 6.07) is 26.8. The Kier molecular flexibility index (Phi) is 19.6. The molecule has 2 amide bonds. The fraction of sp³-hybridized carbons (Fsp3) is 0.333. The molecule has 7 N–H and O–H groups in total. The van der Waals surface area contributed by atoms with Gasteiger partial charge in [-0.1, -0.05) is 37.4 Å². The van der Waals surface area contributed by atoms with Crippen molar-refractivity contribution in [3.63, 3.8) is 0 Å². The summed E-state index contributed by atoms with van der Waals surface area (Å²) in [5.41, 5.74) is 11.0. The van der Waals surface area contributed by atoms with Crippen LogP contribution in [0.3, 0.4) is 0 Å². The molecule has 2 fully saturated rings. The molecular formula is C54H57ClF6N14O6. The molecule has 0 unspecified atom stereocenters. The Hall–Kier alpha value is -8.49. The summed E-state index contributed by atoms with van der Waals surface area (Å²) in [4.78, 5) is 53.3. The molecule has 0 saturated carbocycles. The van der Waals surface area contributed by atoms with Gasteiger partial charge in [0.05, 0.1) is 0 Å². The van der Waals surface area contributed by atoms with Gasteiger partial charge in [0.25, 0.3) is 11.8 Å². The first kappa shape index (κ1) is 58.7. The highest BCUT2D eigenvalue weighted by Gasteiger charge is 2.33. The van der Waals surface area contributed by atoms with E-state index in [2.05, 4.69) is 69.6 Å². The minimum absolute atomic E-state index is 0.00236. The molecule has 0 radical (unpaired) electrons. The van der Waals surface area contributed by atoms with Crippen LogP contribution in [0.1, 0.15) is 31.8 Å². The van der Waals surface area contributed by atoms with Crippen molar-refractivity contribution in [2.24, 2.45) is 17.6 Å². The van der Waals surface area contributed by atoms with Crippen molar-refractivity contribution < 1.29 is 54.9 Å². The third-order valence-electron chi connectivity index (χ3n) is 12.2. The molecule has 0 aliphatic carbocycles. The number of hydrogen-bond acceptors (Lipinski definition) is 18. The van der Waals surface area contributed by atoms with Gasteiger partial charge >= 0.3 is 24.4 Å². The number of nitrogens with one attached hydrogen (secondary N) is 5. The average molecular weight is 1150 g/mol. The molecular weight excluding hydrogens is 1090 g/mol. The maximum Gasteiger partial charge on any atom is 0.422 e. The van der Waals surface area contributed by atoms with E-state index in [1.165, 1.54) is 0 Å². The van der Waals surface area contributed by atoms with Gasteiger partial charge in [0.1, 0.15) is 24.7 Å². The first-order valence-corrected chi connectivity index (χ1v) is 25.8. The van der Waals surface area contributed by atoms with Crippen LogP contribution in [0.5, 0.6) is 23.5 Å². The predicted octanol–water partition coefficient (Wildman–Crippen LogP) is 8.15. The Labute approximate surface area is 466 Å². The molecule has 9 heterocycles. The summed E-state index contributed by atoms with van der Waals surface area (Å²) in [5.74, 6) is 2.06. The molecule has 7 aliphatic heterocycles. The van der Waals surface area contributed by atoms with Crippen molar-refractivity contribution in [2.75, 3.05) is 99.4 Å². The SMILES string of the molecule is C=C(CCl)COc1ccc(CNc2nc(Nc3ccc(C(=O)N4CC(CN)C4)cc3)nc(OCC(F)(F)F)n2)cc1.C=C1CNCC2CN(C2)C(=O)c2ccc(cc2)Nc2nc(nc(OCC(F)(F)F)n2)NCc2ccc(cc2)OC1. The van der Waals surface area contributed by atoms with Crippen LogP contribution >= 0.6 is 11.6 Å². The Balaban J connectivity index is 0.000000212. The maximum absolute atomic E-state index is 12.8. The number of amides is 2. The summed E-state index contributed by atoms with van der Waals surface area (Å²) < 4.78 is 97.5. The molecule has 428 valence electrons. The first-order chi connectivity index (χ1) is 38.8. The topological polar surface area (TPSA) is 241 Å². The molecule has 8 bridgehead atoms. The summed E-state index contributed by atoms with van der Waals surface area (Å²) >= 11 is 5.71. The zero-order valence-corrected chi connectivity index (χ0v) is 44.2. The van der Waals surface area contributed by atoms with Gasteiger partial charge in [-0.2, -0.15) is 56.2 Å². The van der Waals surface area contributed by atoms with Crippen LogP contribution < -0.4 is 51.3 Å². The second kappa shape index (κ2) is 27.1. The van der Waals surface area contributed by atoms with Gasteiger partial charge in [0.15, 0.2) is 13.2 Å². The number of rotatable bonds is 15. The molecule has 0 spiro atoms. The molecule has 6 aromatic rings. The zero-order chi connectivity index (χ0) is 57.5. The Morgan fingerprint density at radius 1 is 0.778 bits per heavy atom. The Morgan fingerprint density at radius 2 is 1.43 bits per heavy atom. The quantitative estimate of drug-likeness (QED) is 0.0323. The van der Waals surface area contributed by atoms with E-state index in [0.717, 1.165) is 28.8 Å². The third-order valence-corrected chi connectivity index (χ3v) is 12.6. The monoisotopic (exact) mass is 1150 g/mol. The van der Waals surface area contributed by atoms with E-state index in [4.69, 9.17) is 36.3 Å². The summed E-state index contributed by atoms with van der Waals surface area (Å²) in [7, 11) is 0. The van der Waals surface area contributed by atoms with Gasteiger partial charge in [-0.15, -0.1) is 11.6 Å². The number of likely N-dealkylation sites (tertiary alicyclic amines) is 1. The highest BCUT2D eigenvalue weighted by atomic mass is 35.5. The molecule has 0 atom stereocenters. The fourth-order valence-corrected chi connectivity index (χ4v) is 7.93. The zero-order valence-electron chi connectivity index (χ0n) is 43.5. The second-order valence-corrected chi connectivity index (χ2v) is 19.2. The molecule has 81 heavy (non-hydrogen) atoms. The van der Waals surface area contributed by atoms with Crippen molar-refractivity contribution in [1.82, 2.24) is 45.0 Å². The number of halogens is 7. The van der Waals surface area contributed by atoms with Gasteiger partial charge in [0, 0.05) is 92.6 Å². The normalized spacial score (nSPS) is 15.1. The largest absolute Gasteiger partial charge is 0.489 e. The standard InChI is InChI=1S/C27H29ClF3N7O3.C27H28F3N7O3/c1-17(10-28)15-40-22-8-2-18(3-9-22)12-33-24-35-25(37-26(36-24)41-16-27(29,30)31)34-21-6-4-20(5-7-21)23(39)38-13-19(11-32)14-38;1-17-10-31-11-19-13-37(14-19)23(38)20-4-6-21(7-5-20)33-25-34-24(35-26(36-25)40-16-27(28,29)30)32-12-18-2-8-22(9-3-18)39-15-17/h2-9,19H,1,10-16,32H2,(H2,33,34,35,36,37);2-9,19,31H,1,10-16H2,(H2,32,33,34,35,36). The van der Waals surface area contributed by atoms with E-state index in [1.807, 2.05) is 36.4 Å². The lowest BCUT2D eigenvalue weighted by Crippen LogP contribution is -2.53. The van der Waals surface area contributed by atoms with Crippen LogP contribution in [-0.4, -0.2) is 142 Å². The average Bonchev–Trinajstić information content (AvgIpc) is 3.47. The fourth-order valence-electron chi connectivity index (χ4n) is 7.85. The lowest BCUT2D eigenvalue weighted by molar-refractivity contribution is -0.155. The number of nitrogens with zero attached hydrogens (tertiary/aromatic N) is 8. The number of ether oxygens (including phenoxy) is 4. The van der Waals surface area contributed by atoms with Crippen LogP contribution in [0.25, 0.3) is 0 Å². The number of carbonyl (C=O) groups excluding carboxylic acids is 2. The summed E-state index contributed by atoms with van der Waals surface area (Å²) in [6.07, 6.45) is -9.13. The third kappa shape index (κ3) is 18.3. The van der Waals surface area contributed by atoms with Gasteiger partial charge < -0.3 is 61.1 Å². The Morgan fingerprint density at radius 3 is 2.09 bits per heavy atom. The van der Waals surface area contributed by atoms with Crippen LogP contribution in [0, 0.1) is 11.8 Å². The van der Waals surface area contributed by atoms with Crippen molar-refractivity contribution in [2.45, 2.75) is 25.4 Å². The lowest BCUT2D eigenvalue weighted by Gasteiger charge is -2.39. The first-order valence-electron chi connectivity index (χ1n) is 25.3. The highest BCUT2D eigenvalue weighted by Crippen LogP contribution is 2.26. The van der Waals surface area contributed by atoms with Crippen LogP contribution in [0.4, 0.5) is 61.5 Å². The summed E-state index contributed by atoms with van der Waals surface area (Å²) in [6.45, 7) is 10.4. The maximum atomic E-state index is 12.8. The lowest BCUT2D eigenvalue weighted by atomic mass is 9.98. The molecule has 2 saturated heterocycles. The molecule has 27 heteroatoms. The molecule has 20 nitrogen and oxygen atoms in total. The number of benzene rings is 4. The highest BCUT2D eigenvalue weighted by molar-refractivity contribution is 6.19. The van der Waals surface area contributed by atoms with Crippen LogP contribution in [0.2, 0.25) is 0 Å². The molecule has 2 aromatic heterocycles. The van der Waals surface area contributed by atoms with E-state index < -0.39 is 37.6 Å². The smallest absolute Gasteiger partial charge is 0.422 e. The van der Waals surface area contributed by atoms with E-state index in [0.29, 0.717) is 104 Å². The molecule has 4 aromatic carbocycles. The van der Waals surface area contributed by atoms with Crippen LogP contribution in [0.15, 0.2) is 121 Å². The second-order valence-electron chi connectivity index (χ2n) is 19.0. The number of aromatic nitrogens is 6. The van der Waals surface area contributed by atoms with Gasteiger partial charge in [-0.3, -0.25) is 9.59 Å². The van der Waals surface area contributed by atoms with Crippen molar-refractivity contribution >= 4 is 58.6 Å². The number of carbonyl (C=O) groups is 2. The van der Waals surface area contributed by atoms with Crippen molar-refractivity contribution in [3.05, 3.63) is 144 Å². The predicted molar refractivity (Wildman–Crippen MR) is 290 cm³/mol. The minimum atomic E-state index is -4.57. The van der Waals surface area contributed by atoms with Crippen LogP contribution in [-0.2, 0) is 13.1 Å². The van der Waals surface area contributed by atoms with Gasteiger partial charge in [-0.05, 0) is 102 Å². The number of hydrogen-bond donors (Lipinski definition) is 6. The number of alkyl halides is 7. The van der Waals surface area contributed by atoms with Gasteiger partial charge in [-0.25, -0.2) is 0 Å². The van der Waals surface area contributed by atoms with E-state index >= 15 is 0 Å². The van der Waals surface area contributed by atoms with Gasteiger partial charge in [0.2, 0.25) is 23.8 Å².